The third-order valence-electron chi connectivity index (χ3n) is 3.13. The molecule has 0 spiro atoms. The predicted octanol–water partition coefficient (Wildman–Crippen LogP) is 3.70. The Hall–Kier alpha value is -1.33. The Morgan fingerprint density at radius 1 is 1.29 bits per heavy atom. The minimum absolute atomic E-state index is 0.0989. The first-order valence-electron chi connectivity index (χ1n) is 7.16. The summed E-state index contributed by atoms with van der Waals surface area (Å²) in [5.41, 5.74) is 7.94. The lowest BCUT2D eigenvalue weighted by Crippen LogP contribution is -2.18. The lowest BCUT2D eigenvalue weighted by atomic mass is 10.1. The highest BCUT2D eigenvalue weighted by atomic mass is 79.9. The molecule has 5 heteroatoms. The molecule has 0 saturated carbocycles. The van der Waals surface area contributed by atoms with Crippen LogP contribution in [0, 0.1) is 0 Å². The zero-order valence-corrected chi connectivity index (χ0v) is 14.3. The molecule has 0 saturated heterocycles. The van der Waals surface area contributed by atoms with Crippen LogP contribution in [0.5, 0.6) is 5.75 Å². The van der Waals surface area contributed by atoms with Crippen molar-refractivity contribution >= 4 is 15.9 Å². The molecule has 2 N–H and O–H groups in total. The molecule has 0 aliphatic heterocycles. The van der Waals surface area contributed by atoms with Crippen LogP contribution in [-0.4, -0.2) is 15.8 Å². The number of ether oxygens (including phenoxy) is 1. The molecule has 114 valence electrons. The third kappa shape index (κ3) is 4.58. The number of nitrogens with two attached hydrogens (primary N) is 1. The molecule has 0 bridgehead atoms. The molecule has 1 unspecified atom stereocenters. The van der Waals surface area contributed by atoms with Gasteiger partial charge in [-0.25, -0.2) is 0 Å². The van der Waals surface area contributed by atoms with Crippen LogP contribution in [0.3, 0.4) is 0 Å². The highest BCUT2D eigenvalue weighted by Crippen LogP contribution is 2.25. The van der Waals surface area contributed by atoms with E-state index in [2.05, 4.69) is 40.9 Å². The van der Waals surface area contributed by atoms with Crippen LogP contribution >= 0.6 is 15.9 Å². The molecular formula is C16H22BrN3O. The van der Waals surface area contributed by atoms with Gasteiger partial charge in [0.2, 0.25) is 0 Å². The van der Waals surface area contributed by atoms with Crippen molar-refractivity contribution in [3.05, 3.63) is 46.2 Å². The Balaban J connectivity index is 2.08. The van der Waals surface area contributed by atoms with E-state index in [-0.39, 0.29) is 6.04 Å². The largest absolute Gasteiger partial charge is 0.487 e. The number of benzene rings is 1. The lowest BCUT2D eigenvalue weighted by molar-refractivity contribution is 0.295. The normalized spacial score (nSPS) is 12.7. The molecule has 2 aromatic rings. The topological polar surface area (TPSA) is 53.1 Å². The van der Waals surface area contributed by atoms with Crippen molar-refractivity contribution < 1.29 is 4.74 Å². The molecule has 0 aliphatic rings. The van der Waals surface area contributed by atoms with Crippen LogP contribution in [-0.2, 0) is 13.0 Å². The van der Waals surface area contributed by atoms with Crippen LogP contribution in [0.15, 0.2) is 34.9 Å². The van der Waals surface area contributed by atoms with E-state index in [1.807, 2.05) is 36.0 Å². The number of hydrogen-bond donors (Lipinski definition) is 1. The van der Waals surface area contributed by atoms with Gasteiger partial charge in [0.05, 0.1) is 5.69 Å². The molecule has 2 rings (SSSR count). The van der Waals surface area contributed by atoms with Gasteiger partial charge in [0.25, 0.3) is 0 Å². The summed E-state index contributed by atoms with van der Waals surface area (Å²) in [6.07, 6.45) is 2.77. The molecule has 21 heavy (non-hydrogen) atoms. The molecule has 0 radical (unpaired) electrons. The van der Waals surface area contributed by atoms with Crippen LogP contribution in [0.1, 0.15) is 38.1 Å². The lowest BCUT2D eigenvalue weighted by Gasteiger charge is -2.13. The van der Waals surface area contributed by atoms with Gasteiger partial charge in [0.15, 0.2) is 0 Å². The summed E-state index contributed by atoms with van der Waals surface area (Å²) >= 11 is 3.49. The fraction of sp³-hybridized carbons (Fsp3) is 0.438. The summed E-state index contributed by atoms with van der Waals surface area (Å²) < 4.78 is 8.89. The van der Waals surface area contributed by atoms with Crippen LogP contribution in [0.2, 0.25) is 0 Å². The van der Waals surface area contributed by atoms with Crippen molar-refractivity contribution in [1.29, 1.82) is 0 Å². The molecule has 1 atom stereocenters. The number of aromatic nitrogens is 2. The van der Waals surface area contributed by atoms with Crippen LogP contribution in [0.4, 0.5) is 0 Å². The van der Waals surface area contributed by atoms with Gasteiger partial charge in [-0.1, -0.05) is 15.9 Å². The van der Waals surface area contributed by atoms with Crippen LogP contribution < -0.4 is 10.5 Å². The van der Waals surface area contributed by atoms with Crippen molar-refractivity contribution in [3.63, 3.8) is 0 Å². The molecule has 0 fully saturated rings. The molecule has 0 aliphatic carbocycles. The second-order valence-corrected chi connectivity index (χ2v) is 6.52. The first-order valence-corrected chi connectivity index (χ1v) is 7.96. The highest BCUT2D eigenvalue weighted by molar-refractivity contribution is 9.10. The minimum atomic E-state index is 0.0989. The van der Waals surface area contributed by atoms with Gasteiger partial charge in [-0.05, 0) is 57.0 Å². The van der Waals surface area contributed by atoms with Crippen molar-refractivity contribution in [2.24, 2.45) is 5.73 Å². The van der Waals surface area contributed by atoms with Gasteiger partial charge in [-0.3, -0.25) is 4.68 Å². The molecule has 0 amide bonds. The van der Waals surface area contributed by atoms with E-state index >= 15 is 0 Å². The monoisotopic (exact) mass is 351 g/mol. The Morgan fingerprint density at radius 3 is 2.67 bits per heavy atom. The van der Waals surface area contributed by atoms with E-state index in [1.54, 1.807) is 0 Å². The Bertz CT molecular complexity index is 593. The van der Waals surface area contributed by atoms with Gasteiger partial charge in [0.1, 0.15) is 12.4 Å². The van der Waals surface area contributed by atoms with E-state index in [1.165, 1.54) is 0 Å². The van der Waals surface area contributed by atoms with Gasteiger partial charge < -0.3 is 10.5 Å². The summed E-state index contributed by atoms with van der Waals surface area (Å²) in [5, 5.41) is 4.49. The predicted molar refractivity (Wildman–Crippen MR) is 88.4 cm³/mol. The maximum absolute atomic E-state index is 5.92. The Kier molecular flexibility index (Phi) is 5.42. The summed E-state index contributed by atoms with van der Waals surface area (Å²) in [6, 6.07) is 8.46. The van der Waals surface area contributed by atoms with Crippen LogP contribution in [0.25, 0.3) is 0 Å². The fourth-order valence-corrected chi connectivity index (χ4v) is 2.50. The summed E-state index contributed by atoms with van der Waals surface area (Å²) in [4.78, 5) is 0. The summed E-state index contributed by atoms with van der Waals surface area (Å²) in [6.45, 7) is 6.67. The smallest absolute Gasteiger partial charge is 0.132 e. The molecule has 4 nitrogen and oxygen atoms in total. The van der Waals surface area contributed by atoms with E-state index in [0.717, 1.165) is 27.9 Å². The summed E-state index contributed by atoms with van der Waals surface area (Å²) in [5.74, 6) is 0.870. The van der Waals surface area contributed by atoms with Gasteiger partial charge in [-0.15, -0.1) is 0 Å². The summed E-state index contributed by atoms with van der Waals surface area (Å²) in [7, 11) is 0. The first-order chi connectivity index (χ1) is 9.95. The highest BCUT2D eigenvalue weighted by Gasteiger charge is 2.09. The molecule has 1 heterocycles. The van der Waals surface area contributed by atoms with Gasteiger partial charge >= 0.3 is 0 Å². The SMILES string of the molecule is CC(N)Cc1cc(Br)ccc1OCc1ccn(C(C)C)n1. The second-order valence-electron chi connectivity index (χ2n) is 5.60. The Morgan fingerprint density at radius 2 is 2.05 bits per heavy atom. The number of nitrogens with zero attached hydrogens (tertiary/aromatic N) is 2. The van der Waals surface area contributed by atoms with E-state index in [9.17, 15) is 0 Å². The Labute approximate surface area is 134 Å². The molecule has 1 aromatic heterocycles. The van der Waals surface area contributed by atoms with Crippen molar-refractivity contribution in [2.45, 2.75) is 45.9 Å². The maximum Gasteiger partial charge on any atom is 0.132 e. The minimum Gasteiger partial charge on any atom is -0.487 e. The van der Waals surface area contributed by atoms with E-state index in [4.69, 9.17) is 10.5 Å². The van der Waals surface area contributed by atoms with Crippen molar-refractivity contribution in [1.82, 2.24) is 9.78 Å². The van der Waals surface area contributed by atoms with E-state index in [0.29, 0.717) is 12.6 Å². The standard InChI is InChI=1S/C16H22BrN3O/c1-11(2)20-7-6-15(19-20)10-21-16-5-4-14(17)9-13(16)8-12(3)18/h4-7,9,11-12H,8,10,18H2,1-3H3. The van der Waals surface area contributed by atoms with Crippen molar-refractivity contribution in [3.8, 4) is 5.75 Å². The number of hydrogen-bond acceptors (Lipinski definition) is 3. The zero-order valence-electron chi connectivity index (χ0n) is 12.7. The van der Waals surface area contributed by atoms with Gasteiger partial charge in [0, 0.05) is 22.8 Å². The second kappa shape index (κ2) is 7.09. The number of halogens is 1. The number of rotatable bonds is 6. The average molecular weight is 352 g/mol. The molecule has 1 aromatic carbocycles. The average Bonchev–Trinajstić information content (AvgIpc) is 2.86. The zero-order chi connectivity index (χ0) is 15.4. The fourth-order valence-electron chi connectivity index (χ4n) is 2.09. The first kappa shape index (κ1) is 16.0. The third-order valence-corrected chi connectivity index (χ3v) is 3.63. The quantitative estimate of drug-likeness (QED) is 0.863. The van der Waals surface area contributed by atoms with Gasteiger partial charge in [-0.2, -0.15) is 5.10 Å². The van der Waals surface area contributed by atoms with Crippen molar-refractivity contribution in [2.75, 3.05) is 0 Å². The maximum atomic E-state index is 5.92. The molecular weight excluding hydrogens is 330 g/mol. The van der Waals surface area contributed by atoms with E-state index < -0.39 is 0 Å².